The molecule has 0 aliphatic carbocycles. The van der Waals surface area contributed by atoms with Crippen LogP contribution in [0.2, 0.25) is 0 Å². The number of nitrogens with zero attached hydrogens (tertiary/aromatic N) is 4. The van der Waals surface area contributed by atoms with E-state index in [1.165, 1.54) is 57.5 Å². The molecule has 5 aromatic rings. The van der Waals surface area contributed by atoms with Crippen molar-refractivity contribution in [2.45, 2.75) is 22.5 Å². The summed E-state index contributed by atoms with van der Waals surface area (Å²) in [5, 5.41) is 15.1. The van der Waals surface area contributed by atoms with Gasteiger partial charge in [-0.3, -0.25) is 9.59 Å². The first kappa shape index (κ1) is 24.1. The number of fused-ring (bicyclic) bond motifs is 2. The molecule has 0 fully saturated rings. The standard InChI is InChI=1S/C22H18N6O2S5/c1-11-3-5-13-15(7-11)33-19(23-13)25-17(29)9-31-21-27-28-22(35-21)32-10-18(30)26-20-24-14-6-4-12(2)8-16(14)34-20/h3-8H,9-10H2,1-2H3,(H,23,25,29)(H,24,26,30). The summed E-state index contributed by atoms with van der Waals surface area (Å²) in [4.78, 5) is 33.6. The summed E-state index contributed by atoms with van der Waals surface area (Å²) >= 11 is 6.88. The number of aromatic nitrogens is 4. The SMILES string of the molecule is Cc1ccc2nc(NC(=O)CSc3nnc(SCC(=O)Nc4nc5ccc(C)cc5s4)s3)sc2c1. The van der Waals surface area contributed by atoms with Gasteiger partial charge in [-0.05, 0) is 49.2 Å². The predicted molar refractivity (Wildman–Crippen MR) is 147 cm³/mol. The Morgan fingerprint density at radius 3 is 1.66 bits per heavy atom. The van der Waals surface area contributed by atoms with E-state index in [4.69, 9.17) is 0 Å². The summed E-state index contributed by atoms with van der Waals surface area (Å²) in [6.07, 6.45) is 0. The van der Waals surface area contributed by atoms with Gasteiger partial charge in [0.15, 0.2) is 18.9 Å². The molecule has 178 valence electrons. The molecule has 0 saturated carbocycles. The topological polar surface area (TPSA) is 110 Å². The molecule has 0 spiro atoms. The zero-order chi connectivity index (χ0) is 24.4. The molecule has 35 heavy (non-hydrogen) atoms. The van der Waals surface area contributed by atoms with Gasteiger partial charge in [-0.2, -0.15) is 0 Å². The quantitative estimate of drug-likeness (QED) is 0.229. The lowest BCUT2D eigenvalue weighted by Crippen LogP contribution is -2.13. The number of anilines is 2. The molecule has 0 aliphatic rings. The van der Waals surface area contributed by atoms with Gasteiger partial charge in [-0.25, -0.2) is 9.97 Å². The van der Waals surface area contributed by atoms with Gasteiger partial charge >= 0.3 is 0 Å². The summed E-state index contributed by atoms with van der Waals surface area (Å²) in [6, 6.07) is 12.0. The van der Waals surface area contributed by atoms with E-state index in [1.54, 1.807) is 0 Å². The Balaban J connectivity index is 1.08. The lowest BCUT2D eigenvalue weighted by atomic mass is 10.2. The van der Waals surface area contributed by atoms with Crippen LogP contribution in [-0.2, 0) is 9.59 Å². The highest BCUT2D eigenvalue weighted by atomic mass is 32.2. The lowest BCUT2D eigenvalue weighted by Gasteiger charge is -1.99. The molecule has 3 heterocycles. The smallest absolute Gasteiger partial charge is 0.236 e. The maximum atomic E-state index is 12.3. The minimum absolute atomic E-state index is 0.152. The number of thioether (sulfide) groups is 2. The molecule has 0 radical (unpaired) electrons. The normalized spacial score (nSPS) is 11.3. The van der Waals surface area contributed by atoms with Crippen LogP contribution in [0.15, 0.2) is 45.1 Å². The molecular formula is C22H18N6O2S5. The van der Waals surface area contributed by atoms with E-state index in [-0.39, 0.29) is 23.3 Å². The van der Waals surface area contributed by atoms with Crippen LogP contribution in [0, 0.1) is 13.8 Å². The summed E-state index contributed by atoms with van der Waals surface area (Å²) in [7, 11) is 0. The summed E-state index contributed by atoms with van der Waals surface area (Å²) in [6.45, 7) is 4.05. The summed E-state index contributed by atoms with van der Waals surface area (Å²) < 4.78 is 3.43. The van der Waals surface area contributed by atoms with E-state index in [2.05, 4.69) is 42.9 Å². The summed E-state index contributed by atoms with van der Waals surface area (Å²) in [5.74, 6) is 0.0960. The Kier molecular flexibility index (Phi) is 7.29. The van der Waals surface area contributed by atoms with E-state index in [9.17, 15) is 9.59 Å². The Morgan fingerprint density at radius 1 is 0.743 bits per heavy atom. The zero-order valence-corrected chi connectivity index (χ0v) is 22.6. The van der Waals surface area contributed by atoms with Crippen LogP contribution in [0.1, 0.15) is 11.1 Å². The highest BCUT2D eigenvalue weighted by molar-refractivity contribution is 8.03. The van der Waals surface area contributed by atoms with Crippen molar-refractivity contribution in [3.63, 3.8) is 0 Å². The Morgan fingerprint density at radius 2 is 1.20 bits per heavy atom. The van der Waals surface area contributed by atoms with Crippen LogP contribution in [0.4, 0.5) is 10.3 Å². The number of rotatable bonds is 8. The molecule has 13 heteroatoms. The molecule has 2 amide bonds. The van der Waals surface area contributed by atoms with Gasteiger partial charge in [0.05, 0.1) is 31.9 Å². The Bertz CT molecular complexity index is 1430. The van der Waals surface area contributed by atoms with Crippen molar-refractivity contribution in [2.24, 2.45) is 0 Å². The molecule has 8 nitrogen and oxygen atoms in total. The number of carbonyl (C=O) groups excluding carboxylic acids is 2. The first-order valence-corrected chi connectivity index (χ1v) is 14.8. The molecule has 0 aliphatic heterocycles. The van der Waals surface area contributed by atoms with Crippen molar-refractivity contribution in [1.82, 2.24) is 20.2 Å². The highest BCUT2D eigenvalue weighted by Gasteiger charge is 2.13. The van der Waals surface area contributed by atoms with Gasteiger partial charge < -0.3 is 10.6 Å². The number of nitrogens with one attached hydrogen (secondary N) is 2. The van der Waals surface area contributed by atoms with Crippen molar-refractivity contribution in [1.29, 1.82) is 0 Å². The molecular weight excluding hydrogens is 541 g/mol. The number of thiazole rings is 2. The second-order valence-electron chi connectivity index (χ2n) is 7.49. The van der Waals surface area contributed by atoms with Gasteiger partial charge in [0.1, 0.15) is 0 Å². The van der Waals surface area contributed by atoms with Crippen LogP contribution >= 0.6 is 57.5 Å². The first-order valence-electron chi connectivity index (χ1n) is 10.3. The molecule has 0 saturated heterocycles. The minimum atomic E-state index is -0.152. The lowest BCUT2D eigenvalue weighted by molar-refractivity contribution is -0.114. The van der Waals surface area contributed by atoms with Crippen molar-refractivity contribution < 1.29 is 9.59 Å². The molecule has 2 aromatic carbocycles. The van der Waals surface area contributed by atoms with Gasteiger partial charge in [0.25, 0.3) is 0 Å². The molecule has 0 unspecified atom stereocenters. The van der Waals surface area contributed by atoms with Gasteiger partial charge in [-0.1, -0.05) is 69.7 Å². The van der Waals surface area contributed by atoms with Crippen LogP contribution < -0.4 is 10.6 Å². The monoisotopic (exact) mass is 558 g/mol. The average molecular weight is 559 g/mol. The fraction of sp³-hybridized carbons (Fsp3) is 0.182. The van der Waals surface area contributed by atoms with Crippen LogP contribution in [0.3, 0.4) is 0 Å². The zero-order valence-electron chi connectivity index (χ0n) is 18.5. The average Bonchev–Trinajstić information content (AvgIpc) is 3.53. The third-order valence-electron chi connectivity index (χ3n) is 4.62. The maximum absolute atomic E-state index is 12.3. The molecule has 0 bridgehead atoms. The minimum Gasteiger partial charge on any atom is -0.301 e. The van der Waals surface area contributed by atoms with Crippen molar-refractivity contribution in [2.75, 3.05) is 22.1 Å². The number of benzene rings is 2. The van der Waals surface area contributed by atoms with Crippen molar-refractivity contribution >= 4 is 100 Å². The van der Waals surface area contributed by atoms with Gasteiger partial charge in [-0.15, -0.1) is 10.2 Å². The Labute approximate surface area is 221 Å². The second-order valence-corrected chi connectivity index (χ2v) is 13.0. The largest absolute Gasteiger partial charge is 0.301 e. The third-order valence-corrected chi connectivity index (χ3v) is 9.68. The van der Waals surface area contributed by atoms with E-state index in [1.807, 2.05) is 38.1 Å². The molecule has 2 N–H and O–H groups in total. The predicted octanol–water partition coefficient (Wildman–Crippen LogP) is 5.84. The number of hydrogen-bond acceptors (Lipinski definition) is 11. The molecule has 5 rings (SSSR count). The van der Waals surface area contributed by atoms with Gasteiger partial charge in [0.2, 0.25) is 11.8 Å². The fourth-order valence-corrected chi connectivity index (χ4v) is 7.63. The van der Waals surface area contributed by atoms with E-state index in [0.29, 0.717) is 18.9 Å². The van der Waals surface area contributed by atoms with Crippen molar-refractivity contribution in [3.8, 4) is 0 Å². The highest BCUT2D eigenvalue weighted by Crippen LogP contribution is 2.31. The van der Waals surface area contributed by atoms with E-state index >= 15 is 0 Å². The molecule has 3 aromatic heterocycles. The first-order chi connectivity index (χ1) is 16.9. The van der Waals surface area contributed by atoms with Gasteiger partial charge in [0, 0.05) is 0 Å². The van der Waals surface area contributed by atoms with Crippen LogP contribution in [0.5, 0.6) is 0 Å². The van der Waals surface area contributed by atoms with Crippen molar-refractivity contribution in [3.05, 3.63) is 47.5 Å². The van der Waals surface area contributed by atoms with Crippen LogP contribution in [-0.4, -0.2) is 43.5 Å². The number of hydrogen-bond donors (Lipinski definition) is 2. The number of carbonyl (C=O) groups is 2. The number of aryl methyl sites for hydroxylation is 2. The van der Waals surface area contributed by atoms with E-state index < -0.39 is 0 Å². The maximum Gasteiger partial charge on any atom is 0.236 e. The molecule has 0 atom stereocenters. The van der Waals surface area contributed by atoms with E-state index in [0.717, 1.165) is 31.6 Å². The summed E-state index contributed by atoms with van der Waals surface area (Å²) in [5.41, 5.74) is 4.06. The fourth-order valence-electron chi connectivity index (χ4n) is 3.05. The van der Waals surface area contributed by atoms with Crippen LogP contribution in [0.25, 0.3) is 20.4 Å². The Hall–Kier alpha value is -2.58. The second kappa shape index (κ2) is 10.6. The number of amides is 2. The third kappa shape index (κ3) is 6.16.